The van der Waals surface area contributed by atoms with Crippen LogP contribution in [0.2, 0.25) is 18.1 Å². The van der Waals surface area contributed by atoms with Crippen LogP contribution in [0.1, 0.15) is 59.8 Å². The van der Waals surface area contributed by atoms with Gasteiger partial charge in [0.2, 0.25) is 0 Å². The molecule has 0 heterocycles. The van der Waals surface area contributed by atoms with E-state index in [-0.39, 0.29) is 5.04 Å². The molecule has 0 radical (unpaired) electrons. The second kappa shape index (κ2) is 6.24. The van der Waals surface area contributed by atoms with Gasteiger partial charge in [0.15, 0.2) is 14.1 Å². The highest BCUT2D eigenvalue weighted by atomic mass is 28.4. The number of hydrogen-bond acceptors (Lipinski definition) is 2. The summed E-state index contributed by atoms with van der Waals surface area (Å²) in [5.74, 6) is 2.01. The smallest absolute Gasteiger partial charge is 0.192 e. The molecule has 0 N–H and O–H groups in total. The summed E-state index contributed by atoms with van der Waals surface area (Å²) in [5.41, 5.74) is 2.95. The predicted molar refractivity (Wildman–Crippen MR) is 102 cm³/mol. The fourth-order valence-corrected chi connectivity index (χ4v) is 5.94. The van der Waals surface area contributed by atoms with Gasteiger partial charge in [0, 0.05) is 12.5 Å². The number of fused-ring (bicyclic) bond motifs is 2. The molecule has 0 amide bonds. The molecule has 3 rings (SSSR count). The van der Waals surface area contributed by atoms with Crippen molar-refractivity contribution in [2.75, 3.05) is 0 Å². The molecule has 0 unspecified atom stereocenters. The molecule has 3 heteroatoms. The summed E-state index contributed by atoms with van der Waals surface area (Å²) < 4.78 is 6.85. The lowest BCUT2D eigenvalue weighted by atomic mass is 9.78. The van der Waals surface area contributed by atoms with Gasteiger partial charge < -0.3 is 4.43 Å². The lowest BCUT2D eigenvalue weighted by Gasteiger charge is -2.41. The lowest BCUT2D eigenvalue weighted by molar-refractivity contribution is -0.114. The van der Waals surface area contributed by atoms with Gasteiger partial charge in [-0.3, -0.25) is 4.79 Å². The van der Waals surface area contributed by atoms with Gasteiger partial charge in [0.05, 0.1) is 0 Å². The molecule has 0 aromatic rings. The monoisotopic (exact) mass is 346 g/mol. The van der Waals surface area contributed by atoms with Crippen LogP contribution in [0.25, 0.3) is 0 Å². The van der Waals surface area contributed by atoms with Crippen LogP contribution in [0.3, 0.4) is 0 Å². The summed E-state index contributed by atoms with van der Waals surface area (Å²) in [7, 11) is -1.75. The number of hydrogen-bond donors (Lipinski definition) is 0. The van der Waals surface area contributed by atoms with E-state index in [1.165, 1.54) is 18.4 Å². The number of carbonyl (C=O) groups excluding carboxylic acids is 1. The molecule has 24 heavy (non-hydrogen) atoms. The van der Waals surface area contributed by atoms with Crippen LogP contribution >= 0.6 is 0 Å². The van der Waals surface area contributed by atoms with Gasteiger partial charge in [0.1, 0.15) is 0 Å². The average Bonchev–Trinajstić information content (AvgIpc) is 2.98. The van der Waals surface area contributed by atoms with Gasteiger partial charge >= 0.3 is 0 Å². The first kappa shape index (κ1) is 18.1. The van der Waals surface area contributed by atoms with E-state index in [9.17, 15) is 4.79 Å². The maximum absolute atomic E-state index is 11.9. The van der Waals surface area contributed by atoms with Crippen LogP contribution < -0.4 is 0 Å². The van der Waals surface area contributed by atoms with E-state index in [0.29, 0.717) is 29.6 Å². The second-order valence-electron chi connectivity index (χ2n) is 9.74. The third-order valence-electron chi connectivity index (χ3n) is 7.11. The van der Waals surface area contributed by atoms with E-state index in [0.717, 1.165) is 19.3 Å². The van der Waals surface area contributed by atoms with Crippen LogP contribution in [0, 0.1) is 17.8 Å². The van der Waals surface area contributed by atoms with Crippen LogP contribution in [-0.2, 0) is 9.22 Å². The zero-order valence-electron chi connectivity index (χ0n) is 16.3. The fraction of sp³-hybridized carbons (Fsp3) is 0.762. The van der Waals surface area contributed by atoms with E-state index in [1.54, 1.807) is 5.57 Å². The first-order valence-corrected chi connectivity index (χ1v) is 12.6. The van der Waals surface area contributed by atoms with E-state index in [4.69, 9.17) is 4.43 Å². The summed E-state index contributed by atoms with van der Waals surface area (Å²) >= 11 is 0. The van der Waals surface area contributed by atoms with Crippen molar-refractivity contribution in [2.24, 2.45) is 17.8 Å². The zero-order valence-corrected chi connectivity index (χ0v) is 17.3. The minimum atomic E-state index is -1.75. The molecule has 3 aliphatic carbocycles. The maximum Gasteiger partial charge on any atom is 0.192 e. The third kappa shape index (κ3) is 3.34. The molecule has 1 fully saturated rings. The van der Waals surface area contributed by atoms with Gasteiger partial charge in [-0.25, -0.2) is 0 Å². The number of carbonyl (C=O) groups is 1. The molecular formula is C21H34O2Si. The SMILES string of the molecule is C/C1=C/C[C@H]2CC(=O)C=C2C[C@@H]2[C@@H](O[Si](C)(C)C(C)(C)C)CC[C@H]12. The van der Waals surface area contributed by atoms with Crippen LogP contribution in [0.4, 0.5) is 0 Å². The van der Waals surface area contributed by atoms with Crippen molar-refractivity contribution in [3.63, 3.8) is 0 Å². The highest BCUT2D eigenvalue weighted by molar-refractivity contribution is 6.74. The Labute approximate surface area is 148 Å². The van der Waals surface area contributed by atoms with Crippen molar-refractivity contribution in [1.82, 2.24) is 0 Å². The highest BCUT2D eigenvalue weighted by Gasteiger charge is 2.46. The third-order valence-corrected chi connectivity index (χ3v) is 11.6. The second-order valence-corrected chi connectivity index (χ2v) is 14.5. The summed E-state index contributed by atoms with van der Waals surface area (Å²) in [6.45, 7) is 14.0. The molecule has 0 aromatic carbocycles. The Hall–Kier alpha value is -0.673. The van der Waals surface area contributed by atoms with Crippen molar-refractivity contribution < 1.29 is 9.22 Å². The minimum Gasteiger partial charge on any atom is -0.414 e. The normalized spacial score (nSPS) is 36.3. The van der Waals surface area contributed by atoms with Crippen molar-refractivity contribution in [1.29, 1.82) is 0 Å². The first-order chi connectivity index (χ1) is 11.1. The minimum absolute atomic E-state index is 0.253. The van der Waals surface area contributed by atoms with Gasteiger partial charge in [-0.1, -0.05) is 38.0 Å². The Morgan fingerprint density at radius 2 is 1.88 bits per heavy atom. The standard InChI is InChI=1S/C21H34O2Si/c1-14-7-8-15-11-17(22)12-16(15)13-19-18(14)9-10-20(19)23-24(5,6)21(2,3)4/h7,12,15,18-20H,8-11,13H2,1-6H3/b14-7-/t15-,18+,19-,20-/m0/s1. The van der Waals surface area contributed by atoms with E-state index in [1.807, 2.05) is 6.08 Å². The Balaban J connectivity index is 1.85. The average molecular weight is 347 g/mol. The Bertz CT molecular complexity index is 579. The van der Waals surface area contributed by atoms with Crippen LogP contribution in [0.15, 0.2) is 23.3 Å². The molecule has 0 spiro atoms. The topological polar surface area (TPSA) is 26.3 Å². The summed E-state index contributed by atoms with van der Waals surface area (Å²) in [6.07, 6.45) is 10.0. The molecule has 0 saturated heterocycles. The molecular weight excluding hydrogens is 312 g/mol. The van der Waals surface area contributed by atoms with Crippen molar-refractivity contribution >= 4 is 14.1 Å². The predicted octanol–water partition coefficient (Wildman–Crippen LogP) is 5.66. The fourth-order valence-electron chi connectivity index (χ4n) is 4.54. The van der Waals surface area contributed by atoms with Crippen molar-refractivity contribution in [3.8, 4) is 0 Å². The molecule has 4 atom stereocenters. The molecule has 0 aromatic heterocycles. The van der Waals surface area contributed by atoms with E-state index in [2.05, 4.69) is 46.9 Å². The molecule has 134 valence electrons. The summed E-state index contributed by atoms with van der Waals surface area (Å²) in [6, 6.07) is 0. The van der Waals surface area contributed by atoms with E-state index >= 15 is 0 Å². The number of allylic oxidation sites excluding steroid dienone is 4. The largest absolute Gasteiger partial charge is 0.414 e. The highest BCUT2D eigenvalue weighted by Crippen LogP contribution is 2.49. The molecule has 3 aliphatic rings. The first-order valence-electron chi connectivity index (χ1n) is 9.66. The van der Waals surface area contributed by atoms with Crippen molar-refractivity contribution in [3.05, 3.63) is 23.3 Å². The molecule has 0 aliphatic heterocycles. The van der Waals surface area contributed by atoms with Gasteiger partial charge in [-0.05, 0) is 74.6 Å². The van der Waals surface area contributed by atoms with Crippen molar-refractivity contribution in [2.45, 2.75) is 84.0 Å². The Morgan fingerprint density at radius 3 is 2.54 bits per heavy atom. The Morgan fingerprint density at radius 1 is 1.17 bits per heavy atom. The zero-order chi connectivity index (χ0) is 17.7. The van der Waals surface area contributed by atoms with Gasteiger partial charge in [0.25, 0.3) is 0 Å². The molecule has 0 bridgehead atoms. The number of ketones is 1. The quantitative estimate of drug-likeness (QED) is 0.476. The van der Waals surface area contributed by atoms with Crippen LogP contribution in [0.5, 0.6) is 0 Å². The lowest BCUT2D eigenvalue weighted by Crippen LogP contribution is -2.45. The summed E-state index contributed by atoms with van der Waals surface area (Å²) in [4.78, 5) is 11.9. The van der Waals surface area contributed by atoms with Gasteiger partial charge in [-0.15, -0.1) is 0 Å². The Kier molecular flexibility index (Phi) is 4.72. The molecule has 1 saturated carbocycles. The van der Waals surface area contributed by atoms with Crippen LogP contribution in [-0.4, -0.2) is 20.2 Å². The maximum atomic E-state index is 11.9. The number of rotatable bonds is 2. The molecule has 2 nitrogen and oxygen atoms in total. The summed E-state index contributed by atoms with van der Waals surface area (Å²) in [5, 5.41) is 0.253. The van der Waals surface area contributed by atoms with Gasteiger partial charge in [-0.2, -0.15) is 0 Å². The van der Waals surface area contributed by atoms with E-state index < -0.39 is 8.32 Å².